The molecule has 0 aliphatic carbocycles. The van der Waals surface area contributed by atoms with Crippen LogP contribution in [0.3, 0.4) is 0 Å². The smallest absolute Gasteiger partial charge is 0.265 e. The Morgan fingerprint density at radius 2 is 2.14 bits per heavy atom. The van der Waals surface area contributed by atoms with E-state index in [1.54, 1.807) is 35.6 Å². The maximum atomic E-state index is 14.4. The molecule has 3 aromatic heterocycles. The number of aromatic amines is 1. The number of aromatic nitrogens is 5. The number of aryl methyl sites for hydroxylation is 1. The summed E-state index contributed by atoms with van der Waals surface area (Å²) >= 11 is 0. The van der Waals surface area contributed by atoms with Gasteiger partial charge in [0.15, 0.2) is 11.6 Å². The summed E-state index contributed by atoms with van der Waals surface area (Å²) in [7, 11) is 3.47. The van der Waals surface area contributed by atoms with Crippen molar-refractivity contribution in [2.75, 3.05) is 23.3 Å². The first-order valence-electron chi connectivity index (χ1n) is 9.39. The number of benzene rings is 1. The predicted octanol–water partition coefficient (Wildman–Crippen LogP) is 1.57. The molecule has 4 heterocycles. The van der Waals surface area contributed by atoms with Crippen LogP contribution in [0.1, 0.15) is 6.42 Å². The Hall–Kier alpha value is -3.40. The SMILES string of the molecule is Cn1cc2cc(Nc3n[nH]c4cc(N5CCC(N)C5)n(C)c(=O)c34)cc(F)c2n1. The molecule has 1 aromatic carbocycles. The van der Waals surface area contributed by atoms with Crippen LogP contribution in [0.5, 0.6) is 0 Å². The third-order valence-corrected chi connectivity index (χ3v) is 5.42. The van der Waals surface area contributed by atoms with E-state index in [1.165, 1.54) is 6.07 Å². The fraction of sp³-hybridized carbons (Fsp3) is 0.316. The summed E-state index contributed by atoms with van der Waals surface area (Å²) in [4.78, 5) is 15.2. The molecule has 0 bridgehead atoms. The summed E-state index contributed by atoms with van der Waals surface area (Å²) < 4.78 is 17.5. The van der Waals surface area contributed by atoms with Crippen molar-refractivity contribution in [3.05, 3.63) is 40.6 Å². The van der Waals surface area contributed by atoms with E-state index in [1.807, 2.05) is 6.07 Å². The van der Waals surface area contributed by atoms with E-state index in [0.717, 1.165) is 18.8 Å². The van der Waals surface area contributed by atoms with Crippen LogP contribution in [-0.4, -0.2) is 43.7 Å². The lowest BCUT2D eigenvalue weighted by Crippen LogP contribution is -2.31. The first kappa shape index (κ1) is 17.7. The molecule has 10 heteroatoms. The average molecular weight is 396 g/mol. The van der Waals surface area contributed by atoms with Gasteiger partial charge in [0, 0.05) is 56.6 Å². The maximum absolute atomic E-state index is 14.4. The zero-order valence-corrected chi connectivity index (χ0v) is 16.1. The summed E-state index contributed by atoms with van der Waals surface area (Å²) in [5.41, 5.74) is 7.24. The van der Waals surface area contributed by atoms with Gasteiger partial charge < -0.3 is 16.0 Å². The van der Waals surface area contributed by atoms with Gasteiger partial charge in [0.2, 0.25) is 0 Å². The number of nitrogens with zero attached hydrogens (tertiary/aromatic N) is 5. The van der Waals surface area contributed by atoms with Gasteiger partial charge >= 0.3 is 0 Å². The van der Waals surface area contributed by atoms with Crippen LogP contribution >= 0.6 is 0 Å². The number of anilines is 3. The molecule has 4 N–H and O–H groups in total. The molecule has 5 rings (SSSR count). The lowest BCUT2D eigenvalue weighted by atomic mass is 10.2. The zero-order chi connectivity index (χ0) is 20.3. The summed E-state index contributed by atoms with van der Waals surface area (Å²) in [6.45, 7) is 1.52. The van der Waals surface area contributed by atoms with Crippen LogP contribution in [0.2, 0.25) is 0 Å². The number of hydrogen-bond donors (Lipinski definition) is 3. The molecule has 29 heavy (non-hydrogen) atoms. The normalized spacial score (nSPS) is 17.0. The van der Waals surface area contributed by atoms with Crippen molar-refractivity contribution in [1.82, 2.24) is 24.5 Å². The maximum Gasteiger partial charge on any atom is 0.265 e. The number of fused-ring (bicyclic) bond motifs is 2. The van der Waals surface area contributed by atoms with Gasteiger partial charge in [-0.15, -0.1) is 0 Å². The zero-order valence-electron chi connectivity index (χ0n) is 16.1. The minimum atomic E-state index is -0.439. The standard InChI is InChI=1S/C19H21FN8O/c1-26-8-10-5-12(6-13(20)17(10)25-26)22-18-16-14(23-24-18)7-15(27(2)19(16)29)28-4-3-11(21)9-28/h5-8,11H,3-4,9,21H2,1-2H3,(H2,22,23,24). The number of nitrogens with one attached hydrogen (secondary N) is 2. The minimum Gasteiger partial charge on any atom is -0.356 e. The van der Waals surface area contributed by atoms with Crippen LogP contribution < -0.4 is 21.5 Å². The van der Waals surface area contributed by atoms with Crippen molar-refractivity contribution < 1.29 is 4.39 Å². The molecule has 4 aromatic rings. The number of pyridine rings is 1. The second-order valence-corrected chi connectivity index (χ2v) is 7.55. The highest BCUT2D eigenvalue weighted by Crippen LogP contribution is 2.28. The van der Waals surface area contributed by atoms with Gasteiger partial charge in [-0.2, -0.15) is 10.2 Å². The van der Waals surface area contributed by atoms with E-state index >= 15 is 0 Å². The first-order chi connectivity index (χ1) is 13.9. The Balaban J connectivity index is 1.56. The van der Waals surface area contributed by atoms with Crippen LogP contribution in [0, 0.1) is 5.82 Å². The Morgan fingerprint density at radius 3 is 2.90 bits per heavy atom. The molecule has 9 nitrogen and oxygen atoms in total. The van der Waals surface area contributed by atoms with Crippen LogP contribution in [0.4, 0.5) is 21.7 Å². The second kappa shape index (κ2) is 6.31. The molecule has 0 saturated carbocycles. The Labute approximate surface area is 164 Å². The van der Waals surface area contributed by atoms with Gasteiger partial charge in [-0.3, -0.25) is 19.1 Å². The molecule has 0 spiro atoms. The van der Waals surface area contributed by atoms with Crippen molar-refractivity contribution in [3.63, 3.8) is 0 Å². The molecule has 150 valence electrons. The third-order valence-electron chi connectivity index (χ3n) is 5.42. The molecular weight excluding hydrogens is 375 g/mol. The van der Waals surface area contributed by atoms with Crippen molar-refractivity contribution in [3.8, 4) is 0 Å². The van der Waals surface area contributed by atoms with E-state index < -0.39 is 5.82 Å². The first-order valence-corrected chi connectivity index (χ1v) is 9.39. The van der Waals surface area contributed by atoms with E-state index in [-0.39, 0.29) is 11.6 Å². The summed E-state index contributed by atoms with van der Waals surface area (Å²) in [6, 6.07) is 5.13. The van der Waals surface area contributed by atoms with Crippen LogP contribution in [-0.2, 0) is 14.1 Å². The number of H-pyrrole nitrogens is 1. The Bertz CT molecular complexity index is 1300. The quantitative estimate of drug-likeness (QED) is 0.485. The number of nitrogens with two attached hydrogens (primary N) is 1. The van der Waals surface area contributed by atoms with E-state index in [0.29, 0.717) is 39.9 Å². The summed E-state index contributed by atoms with van der Waals surface area (Å²) in [5, 5.41) is 15.4. The lowest BCUT2D eigenvalue weighted by molar-refractivity contribution is 0.633. The molecule has 1 aliphatic rings. The second-order valence-electron chi connectivity index (χ2n) is 7.55. The van der Waals surface area contributed by atoms with Crippen LogP contribution in [0.15, 0.2) is 29.2 Å². The van der Waals surface area contributed by atoms with E-state index in [4.69, 9.17) is 5.73 Å². The number of halogens is 1. The molecule has 1 fully saturated rings. The molecule has 1 atom stereocenters. The largest absolute Gasteiger partial charge is 0.356 e. The average Bonchev–Trinajstić information content (AvgIpc) is 3.37. The van der Waals surface area contributed by atoms with Gasteiger partial charge in [-0.25, -0.2) is 4.39 Å². The van der Waals surface area contributed by atoms with Crippen molar-refractivity contribution >= 4 is 39.1 Å². The highest BCUT2D eigenvalue weighted by Gasteiger charge is 2.23. The molecule has 0 radical (unpaired) electrons. The molecular formula is C19H21FN8O. The highest BCUT2D eigenvalue weighted by molar-refractivity contribution is 5.93. The summed E-state index contributed by atoms with van der Waals surface area (Å²) in [6.07, 6.45) is 2.63. The Morgan fingerprint density at radius 1 is 1.31 bits per heavy atom. The monoisotopic (exact) mass is 396 g/mol. The van der Waals surface area contributed by atoms with Gasteiger partial charge in [0.05, 0.1) is 5.52 Å². The number of hydrogen-bond acceptors (Lipinski definition) is 6. The highest BCUT2D eigenvalue weighted by atomic mass is 19.1. The van der Waals surface area contributed by atoms with Crippen molar-refractivity contribution in [1.29, 1.82) is 0 Å². The topological polar surface area (TPSA) is 110 Å². The third kappa shape index (κ3) is 2.83. The van der Waals surface area contributed by atoms with E-state index in [2.05, 4.69) is 25.5 Å². The molecule has 1 saturated heterocycles. The molecule has 0 amide bonds. The fourth-order valence-corrected chi connectivity index (χ4v) is 3.98. The van der Waals surface area contributed by atoms with E-state index in [9.17, 15) is 9.18 Å². The lowest BCUT2D eigenvalue weighted by Gasteiger charge is -2.21. The minimum absolute atomic E-state index is 0.108. The van der Waals surface area contributed by atoms with Crippen LogP contribution in [0.25, 0.3) is 21.8 Å². The van der Waals surface area contributed by atoms with Gasteiger partial charge in [-0.1, -0.05) is 0 Å². The Kier molecular flexibility index (Phi) is 3.85. The van der Waals surface area contributed by atoms with Gasteiger partial charge in [0.25, 0.3) is 5.56 Å². The number of rotatable bonds is 3. The summed E-state index contributed by atoms with van der Waals surface area (Å²) in [5.74, 6) is 0.715. The molecule has 1 unspecified atom stereocenters. The van der Waals surface area contributed by atoms with Gasteiger partial charge in [0.1, 0.15) is 16.7 Å². The van der Waals surface area contributed by atoms with Gasteiger partial charge in [-0.05, 0) is 18.6 Å². The fourth-order valence-electron chi connectivity index (χ4n) is 3.98. The van der Waals surface area contributed by atoms with Crippen molar-refractivity contribution in [2.24, 2.45) is 19.8 Å². The molecule has 1 aliphatic heterocycles. The van der Waals surface area contributed by atoms with Crippen molar-refractivity contribution in [2.45, 2.75) is 12.5 Å². The predicted molar refractivity (Wildman–Crippen MR) is 110 cm³/mol.